The summed E-state index contributed by atoms with van der Waals surface area (Å²) in [5, 5.41) is 0.710. The molecule has 2 heterocycles. The molecule has 0 radical (unpaired) electrons. The van der Waals surface area contributed by atoms with Crippen molar-refractivity contribution in [2.75, 3.05) is 20.7 Å². The maximum absolute atomic E-state index is 11.6. The average molecular weight is 374 g/mol. The van der Waals surface area contributed by atoms with Crippen molar-refractivity contribution in [1.82, 2.24) is 4.90 Å². The van der Waals surface area contributed by atoms with Crippen LogP contribution in [0.5, 0.6) is 0 Å². The number of hydrogen-bond acceptors (Lipinski definition) is 10. The molecule has 5 unspecified atom stereocenters. The van der Waals surface area contributed by atoms with E-state index in [2.05, 4.69) is 4.99 Å². The predicted octanol–water partition coefficient (Wildman–Crippen LogP) is 0.171. The van der Waals surface area contributed by atoms with Crippen LogP contribution in [0.15, 0.2) is 4.99 Å². The van der Waals surface area contributed by atoms with Gasteiger partial charge in [-0.25, -0.2) is 0 Å². The molecule has 0 bridgehead atoms. The number of fused-ring (bicyclic) bond motifs is 1. The lowest BCUT2D eigenvalue weighted by Crippen LogP contribution is -2.59. The molecule has 0 N–H and O–H groups in total. The van der Waals surface area contributed by atoms with Crippen LogP contribution in [0.1, 0.15) is 20.8 Å². The van der Waals surface area contributed by atoms with Crippen molar-refractivity contribution in [2.45, 2.75) is 50.6 Å². The first-order valence-electron chi connectivity index (χ1n) is 7.74. The molecule has 9 nitrogen and oxygen atoms in total. The van der Waals surface area contributed by atoms with Crippen LogP contribution in [0.25, 0.3) is 0 Å². The van der Waals surface area contributed by atoms with Crippen molar-refractivity contribution in [3.05, 3.63) is 0 Å². The highest BCUT2D eigenvalue weighted by Gasteiger charge is 2.53. The number of thioether (sulfide) groups is 1. The van der Waals surface area contributed by atoms with Gasteiger partial charge < -0.3 is 23.8 Å². The number of aliphatic imine (C=N–C) groups is 1. The summed E-state index contributed by atoms with van der Waals surface area (Å²) in [6.07, 6.45) is -2.51. The molecule has 10 heteroatoms. The Morgan fingerprint density at radius 1 is 1.08 bits per heavy atom. The molecule has 0 amide bonds. The topological polar surface area (TPSA) is 104 Å². The van der Waals surface area contributed by atoms with Gasteiger partial charge >= 0.3 is 17.9 Å². The second-order valence-electron chi connectivity index (χ2n) is 5.91. The fourth-order valence-electron chi connectivity index (χ4n) is 2.60. The highest BCUT2D eigenvalue weighted by atomic mass is 32.2. The maximum Gasteiger partial charge on any atom is 0.303 e. The normalized spacial score (nSPS) is 30.8. The molecule has 1 fully saturated rings. The quantitative estimate of drug-likeness (QED) is 0.503. The SMILES string of the molecule is CC(=O)OCC1OC2SC(N(C)C)=NC2C(OC(C)=O)C1OC(C)=O. The summed E-state index contributed by atoms with van der Waals surface area (Å²) < 4.78 is 21.7. The van der Waals surface area contributed by atoms with Crippen molar-refractivity contribution in [3.63, 3.8) is 0 Å². The Hall–Kier alpha value is -1.81. The zero-order valence-electron chi connectivity index (χ0n) is 14.8. The van der Waals surface area contributed by atoms with E-state index < -0.39 is 47.7 Å². The van der Waals surface area contributed by atoms with Crippen molar-refractivity contribution < 1.29 is 33.3 Å². The summed E-state index contributed by atoms with van der Waals surface area (Å²) in [7, 11) is 3.67. The zero-order valence-corrected chi connectivity index (χ0v) is 15.6. The molecule has 2 aliphatic rings. The zero-order chi connectivity index (χ0) is 18.7. The molecule has 1 saturated heterocycles. The fourth-order valence-corrected chi connectivity index (χ4v) is 3.76. The van der Waals surface area contributed by atoms with E-state index >= 15 is 0 Å². The van der Waals surface area contributed by atoms with Crippen LogP contribution in [0, 0.1) is 0 Å². The molecule has 0 aromatic heterocycles. The highest BCUT2D eigenvalue weighted by Crippen LogP contribution is 2.39. The summed E-state index contributed by atoms with van der Waals surface area (Å²) in [5.41, 5.74) is -0.436. The maximum atomic E-state index is 11.6. The molecule has 0 saturated carbocycles. The van der Waals surface area contributed by atoms with Gasteiger partial charge in [-0.15, -0.1) is 0 Å². The third-order valence-electron chi connectivity index (χ3n) is 3.53. The van der Waals surface area contributed by atoms with Gasteiger partial charge in [-0.2, -0.15) is 0 Å². The molecule has 0 aromatic carbocycles. The number of nitrogens with zero attached hydrogens (tertiary/aromatic N) is 2. The number of carbonyl (C=O) groups is 3. The summed E-state index contributed by atoms with van der Waals surface area (Å²) in [4.78, 5) is 40.6. The minimum absolute atomic E-state index is 0.119. The number of ether oxygens (including phenoxy) is 4. The standard InChI is InChI=1S/C15H22N2O7S/c1-7(18)21-6-10-12(22-8(2)19)13(23-9(3)20)11-14(24-10)25-15(16-11)17(4)5/h10-14H,6H2,1-5H3. The molecule has 2 aliphatic heterocycles. The molecule has 2 rings (SSSR count). The van der Waals surface area contributed by atoms with Gasteiger partial charge in [-0.1, -0.05) is 11.8 Å². The van der Waals surface area contributed by atoms with Gasteiger partial charge in [0.2, 0.25) is 0 Å². The van der Waals surface area contributed by atoms with Gasteiger partial charge in [-0.05, 0) is 0 Å². The third-order valence-corrected chi connectivity index (χ3v) is 4.84. The second-order valence-corrected chi connectivity index (χ2v) is 6.97. The Balaban J connectivity index is 2.30. The fraction of sp³-hybridized carbons (Fsp3) is 0.733. The molecule has 5 atom stereocenters. The van der Waals surface area contributed by atoms with Crippen molar-refractivity contribution in [2.24, 2.45) is 4.99 Å². The summed E-state index contributed by atoms with van der Waals surface area (Å²) in [6.45, 7) is 3.67. The van der Waals surface area contributed by atoms with Crippen LogP contribution in [-0.4, -0.2) is 78.5 Å². The van der Waals surface area contributed by atoms with E-state index in [1.807, 2.05) is 19.0 Å². The number of rotatable bonds is 4. The lowest BCUT2D eigenvalue weighted by atomic mass is 9.98. The van der Waals surface area contributed by atoms with Crippen LogP contribution in [0.3, 0.4) is 0 Å². The van der Waals surface area contributed by atoms with Crippen LogP contribution in [-0.2, 0) is 33.3 Å². The number of amidine groups is 1. The molecule has 0 aromatic rings. The van der Waals surface area contributed by atoms with E-state index in [1.165, 1.54) is 32.5 Å². The lowest BCUT2D eigenvalue weighted by Gasteiger charge is -2.41. The number of hydrogen-bond donors (Lipinski definition) is 0. The Morgan fingerprint density at radius 3 is 2.20 bits per heavy atom. The van der Waals surface area contributed by atoms with E-state index in [0.29, 0.717) is 5.17 Å². The molecule has 140 valence electrons. The summed E-state index contributed by atoms with van der Waals surface area (Å²) >= 11 is 1.37. The highest BCUT2D eigenvalue weighted by molar-refractivity contribution is 8.14. The first-order valence-corrected chi connectivity index (χ1v) is 8.62. The third kappa shape index (κ3) is 4.85. The van der Waals surface area contributed by atoms with Crippen molar-refractivity contribution >= 4 is 34.8 Å². The van der Waals surface area contributed by atoms with E-state index in [1.54, 1.807) is 0 Å². The predicted molar refractivity (Wildman–Crippen MR) is 88.9 cm³/mol. The van der Waals surface area contributed by atoms with Crippen molar-refractivity contribution in [3.8, 4) is 0 Å². The van der Waals surface area contributed by atoms with Gasteiger partial charge in [0.15, 0.2) is 17.4 Å². The van der Waals surface area contributed by atoms with E-state index in [0.717, 1.165) is 0 Å². The first-order chi connectivity index (χ1) is 11.7. The smallest absolute Gasteiger partial charge is 0.303 e. The van der Waals surface area contributed by atoms with Crippen molar-refractivity contribution in [1.29, 1.82) is 0 Å². The first kappa shape index (κ1) is 19.5. The number of carbonyl (C=O) groups excluding carboxylic acids is 3. The second kappa shape index (κ2) is 8.05. The van der Waals surface area contributed by atoms with Crippen LogP contribution >= 0.6 is 11.8 Å². The molecular weight excluding hydrogens is 352 g/mol. The number of esters is 3. The van der Waals surface area contributed by atoms with Gasteiger partial charge in [0.25, 0.3) is 0 Å². The Labute approximate surface area is 150 Å². The van der Waals surface area contributed by atoms with E-state index in [-0.39, 0.29) is 6.61 Å². The van der Waals surface area contributed by atoms with Crippen LogP contribution in [0.4, 0.5) is 0 Å². The molecule has 25 heavy (non-hydrogen) atoms. The Kier molecular flexibility index (Phi) is 6.28. The van der Waals surface area contributed by atoms with Gasteiger partial charge in [0.1, 0.15) is 24.2 Å². The minimum Gasteiger partial charge on any atom is -0.463 e. The molecule has 0 spiro atoms. The molecule has 0 aliphatic carbocycles. The van der Waals surface area contributed by atoms with Gasteiger partial charge in [-0.3, -0.25) is 19.4 Å². The van der Waals surface area contributed by atoms with Crippen LogP contribution < -0.4 is 0 Å². The largest absolute Gasteiger partial charge is 0.463 e. The summed E-state index contributed by atoms with van der Waals surface area (Å²) in [6, 6.07) is -0.524. The lowest BCUT2D eigenvalue weighted by molar-refractivity contribution is -0.208. The monoisotopic (exact) mass is 374 g/mol. The van der Waals surface area contributed by atoms with Gasteiger partial charge in [0, 0.05) is 34.9 Å². The van der Waals surface area contributed by atoms with Gasteiger partial charge in [0.05, 0.1) is 0 Å². The Bertz CT molecular complexity index is 580. The summed E-state index contributed by atoms with van der Waals surface area (Å²) in [5.74, 6) is -1.56. The van der Waals surface area contributed by atoms with E-state index in [9.17, 15) is 14.4 Å². The minimum atomic E-state index is -0.923. The van der Waals surface area contributed by atoms with E-state index in [4.69, 9.17) is 18.9 Å². The van der Waals surface area contributed by atoms with Crippen LogP contribution in [0.2, 0.25) is 0 Å². The molecular formula is C15H22N2O7S. The average Bonchev–Trinajstić information content (AvgIpc) is 2.91. The Morgan fingerprint density at radius 2 is 1.68 bits per heavy atom.